The van der Waals surface area contributed by atoms with Crippen LogP contribution in [0, 0.1) is 10.8 Å². The predicted octanol–water partition coefficient (Wildman–Crippen LogP) is -0.455. The van der Waals surface area contributed by atoms with Crippen molar-refractivity contribution in [2.24, 2.45) is 10.8 Å². The number of ether oxygens (including phenoxy) is 6. The van der Waals surface area contributed by atoms with Crippen molar-refractivity contribution < 1.29 is 124 Å². The number of carbonyl (C=O) groups is 2. The predicted molar refractivity (Wildman–Crippen MR) is 250 cm³/mol. The molecule has 0 saturated heterocycles. The van der Waals surface area contributed by atoms with Crippen LogP contribution in [0.25, 0.3) is 0 Å². The number of hydrogen-bond donors (Lipinski definition) is 11. The highest BCUT2D eigenvalue weighted by molar-refractivity contribution is 7.47. The van der Waals surface area contributed by atoms with Crippen molar-refractivity contribution >= 4 is 35.3 Å². The molecule has 3 unspecified atom stereocenters. The first-order valence-electron chi connectivity index (χ1n) is 25.7. The van der Waals surface area contributed by atoms with Gasteiger partial charge in [-0.25, -0.2) is 13.7 Å². The van der Waals surface area contributed by atoms with E-state index in [-0.39, 0.29) is 184 Å². The van der Waals surface area contributed by atoms with Gasteiger partial charge in [0.05, 0.1) is 103 Å². The van der Waals surface area contributed by atoms with E-state index < -0.39 is 65.4 Å². The Kier molecular flexibility index (Phi) is 35.7. The number of hydrogen-bond acceptors (Lipinski definition) is 23. The molecule has 11 N–H and O–H groups in total. The zero-order chi connectivity index (χ0) is 57.4. The monoisotopic (exact) mass is 1110 g/mol. The Morgan fingerprint density at radius 3 is 1.11 bits per heavy atom. The van der Waals surface area contributed by atoms with E-state index in [1.165, 1.54) is 0 Å². The molecule has 0 fully saturated rings. The first kappa shape index (κ1) is 59.0. The summed E-state index contributed by atoms with van der Waals surface area (Å²) in [6, 6.07) is 0. The maximum atomic E-state index is 12.9. The van der Waals surface area contributed by atoms with Crippen molar-refractivity contribution in [1.29, 1.82) is 8.59 Å². The Morgan fingerprint density at radius 2 is 0.789 bits per heavy atom. The van der Waals surface area contributed by atoms with E-state index in [0.29, 0.717) is 25.7 Å². The van der Waals surface area contributed by atoms with Gasteiger partial charge in [-0.05, 0) is 51.4 Å². The highest BCUT2D eigenvalue weighted by Crippen LogP contribution is 2.46. The smallest absolute Gasteiger partial charge is 0.396 e. The van der Waals surface area contributed by atoms with Crippen LogP contribution in [0.1, 0.15) is 64.2 Å². The van der Waals surface area contributed by atoms with Crippen LogP contribution in [0.4, 0.5) is 0 Å². The molecule has 2 amide bonds. The van der Waals surface area contributed by atoms with Crippen LogP contribution in [-0.2, 0) is 78.8 Å². The van der Waals surface area contributed by atoms with Gasteiger partial charge in [-0.1, -0.05) is 0 Å². The molecule has 0 aromatic rings. The summed E-state index contributed by atoms with van der Waals surface area (Å²) in [5.74, 6) is -1.08. The molecule has 0 spiro atoms. The number of aliphatic hydroxyl groups is 6. The summed E-state index contributed by atoms with van der Waals surface area (Å²) in [5.41, 5.74) is -2.31. The lowest BCUT2D eigenvalue weighted by molar-refractivity contribution is -0.121. The summed E-state index contributed by atoms with van der Waals surface area (Å²) in [4.78, 5) is 56.4. The molecule has 0 saturated carbocycles. The van der Waals surface area contributed by atoms with E-state index in [1.807, 2.05) is 0 Å². The number of nitrogens with one attached hydrogen (secondary N) is 2. The molecule has 424 valence electrons. The molecule has 0 heterocycles. The Morgan fingerprint density at radius 1 is 0.451 bits per heavy atom. The largest absolute Gasteiger partial charge is 0.472 e. The Balaban J connectivity index is 5.19. The minimum Gasteiger partial charge on any atom is -0.396 e. The van der Waals surface area contributed by atoms with Crippen molar-refractivity contribution in [3.63, 3.8) is 0 Å². The summed E-state index contributed by atoms with van der Waals surface area (Å²) in [6.45, 7) is -1.71. The van der Waals surface area contributed by atoms with Crippen LogP contribution in [-0.4, -0.2) is 237 Å². The highest BCUT2D eigenvalue weighted by Gasteiger charge is 2.38. The molecule has 0 radical (unpaired) electrons. The lowest BCUT2D eigenvalue weighted by Crippen LogP contribution is -2.42. The summed E-state index contributed by atoms with van der Waals surface area (Å²) in [5, 5.41) is 30.8. The summed E-state index contributed by atoms with van der Waals surface area (Å²) >= 11 is 0. The molecule has 0 aliphatic carbocycles. The van der Waals surface area contributed by atoms with Gasteiger partial charge in [0.2, 0.25) is 20.4 Å². The molecule has 28 nitrogen and oxygen atoms in total. The summed E-state index contributed by atoms with van der Waals surface area (Å²) in [6.07, 6.45) is 0.599. The van der Waals surface area contributed by atoms with E-state index in [9.17, 15) is 38.0 Å². The third-order valence-electron chi connectivity index (χ3n) is 9.38. The minimum absolute atomic E-state index is 0.00624. The number of phosphoric ester groups is 3. The standard InChI is InChI=1S/C40H83N2O26P3/c1-57-69(51,52)68-36(26-41-37(49)10-2-4-22-64-70(53,54)66-34-39(32-62-24-16-47,28-58-18-6-12-43)29-59-19-7-13-44)27-42-38(50)11-3-5-23-65-71(55,56)67-35-40(33-63-25-17-48,30-60-20-8-14-45)31-61-21-9-15-46/h36,43-48H,2-35H2,1H3,(H,41,49)(H,42,50)(H,51,52)(H,53,54)(H,55,56)/i43D,44D,45D,46D,47D,48D. The maximum absolute atomic E-state index is 12.9. The Hall–Kier alpha value is -1.21. The maximum Gasteiger partial charge on any atom is 0.472 e. The molecule has 0 rings (SSSR count). The van der Waals surface area contributed by atoms with Crippen molar-refractivity contribution in [3.8, 4) is 0 Å². The quantitative estimate of drug-likeness (QED) is 0.0271. The van der Waals surface area contributed by atoms with E-state index in [4.69, 9.17) is 59.6 Å². The molecule has 0 bridgehead atoms. The van der Waals surface area contributed by atoms with E-state index >= 15 is 0 Å². The molecule has 31 heteroatoms. The zero-order valence-corrected chi connectivity index (χ0v) is 43.4. The van der Waals surface area contributed by atoms with Gasteiger partial charge in [-0.3, -0.25) is 36.7 Å². The fourth-order valence-electron chi connectivity index (χ4n) is 5.65. The van der Waals surface area contributed by atoms with E-state index in [1.54, 1.807) is 0 Å². The number of phosphoric acid groups is 3. The number of aliphatic hydroxyl groups excluding tert-OH is 6. The highest BCUT2D eigenvalue weighted by atomic mass is 31.2. The fourth-order valence-corrected chi connectivity index (χ4v) is 8.01. The van der Waals surface area contributed by atoms with Gasteiger partial charge >= 0.3 is 23.5 Å². The number of rotatable bonds is 59. The van der Waals surface area contributed by atoms with Crippen molar-refractivity contribution in [1.82, 2.24) is 10.6 Å². The molecule has 71 heavy (non-hydrogen) atoms. The molecular weight excluding hydrogens is 1020 g/mol. The minimum atomic E-state index is -4.69. The molecule has 0 aliphatic rings. The van der Waals surface area contributed by atoms with Gasteiger partial charge in [-0.2, -0.15) is 0 Å². The summed E-state index contributed by atoms with van der Waals surface area (Å²) < 4.78 is 144. The first-order chi connectivity index (χ1) is 36.9. The topological polar surface area (TPSA) is 402 Å². The molecular formula is C40H83N2O26P3. The third-order valence-corrected chi connectivity index (χ3v) is 12.3. The van der Waals surface area contributed by atoms with Crippen LogP contribution in [0.3, 0.4) is 0 Å². The zero-order valence-electron chi connectivity index (χ0n) is 46.7. The van der Waals surface area contributed by atoms with E-state index in [0.717, 1.165) is 7.11 Å². The Bertz CT molecular complexity index is 1480. The second kappa shape index (κ2) is 43.0. The van der Waals surface area contributed by atoms with Gasteiger partial charge in [-0.15, -0.1) is 0 Å². The number of carbonyl (C=O) groups excluding carboxylic acids is 2. The van der Waals surface area contributed by atoms with Crippen molar-refractivity contribution in [2.75, 3.05) is 166 Å². The molecule has 0 aromatic heterocycles. The second-order valence-corrected chi connectivity index (χ2v) is 20.4. The second-order valence-electron chi connectivity index (χ2n) is 16.0. The molecule has 3 atom stereocenters. The van der Waals surface area contributed by atoms with Crippen LogP contribution >= 0.6 is 23.5 Å². The van der Waals surface area contributed by atoms with E-state index in [2.05, 4.69) is 45.8 Å². The van der Waals surface area contributed by atoms with Crippen LogP contribution < -0.4 is 10.6 Å². The van der Waals surface area contributed by atoms with Crippen molar-refractivity contribution in [2.45, 2.75) is 70.3 Å². The van der Waals surface area contributed by atoms with Gasteiger partial charge in [0.15, 0.2) is 0 Å². The lowest BCUT2D eigenvalue weighted by atomic mass is 9.92. The molecule has 0 aliphatic heterocycles. The average molecular weight is 1110 g/mol. The SMILES string of the molecule is [2H]OCCCOCC(COCCCO[2H])(COCCO[2H])COP(=O)(O)OCCCCC(=O)NCC(CNC(=O)CCCCOP(=O)(O)OCC(COCCCO[2H])(COCCCO[2H])COCCO[2H])OP(=O)(O)OC. The van der Waals surface area contributed by atoms with Crippen LogP contribution in [0.15, 0.2) is 0 Å². The van der Waals surface area contributed by atoms with Gasteiger partial charge < -0.3 is 84.4 Å². The first-order valence-corrected chi connectivity index (χ1v) is 27.7. The van der Waals surface area contributed by atoms with Gasteiger partial charge in [0.25, 0.3) is 0 Å². The van der Waals surface area contributed by atoms with Gasteiger partial charge in [0.1, 0.15) is 6.10 Å². The lowest BCUT2D eigenvalue weighted by Gasteiger charge is -2.33. The average Bonchev–Trinajstić information content (AvgIpc) is 3.40. The number of unbranched alkanes of at least 4 members (excludes halogenated alkanes) is 2. The Labute approximate surface area is 425 Å². The molecule has 0 aromatic carbocycles. The normalized spacial score (nSPS) is 16.3. The summed E-state index contributed by atoms with van der Waals surface area (Å²) in [7, 11) is -13.1. The van der Waals surface area contributed by atoms with Crippen LogP contribution in [0.5, 0.6) is 0 Å². The van der Waals surface area contributed by atoms with Crippen LogP contribution in [0.2, 0.25) is 0 Å². The number of amides is 2. The third kappa shape index (κ3) is 38.9. The van der Waals surface area contributed by atoms with Crippen molar-refractivity contribution in [3.05, 3.63) is 0 Å². The van der Waals surface area contributed by atoms with Gasteiger partial charge in [0, 0.05) is 85.9 Å². The fraction of sp³-hybridized carbons (Fsp3) is 0.950.